The van der Waals surface area contributed by atoms with Crippen LogP contribution in [0.4, 0.5) is 0 Å². The Morgan fingerprint density at radius 3 is 2.67 bits per heavy atom. The van der Waals surface area contributed by atoms with Crippen LogP contribution >= 0.6 is 0 Å². The zero-order valence-electron chi connectivity index (χ0n) is 16.3. The van der Waals surface area contributed by atoms with Gasteiger partial charge in [0.2, 0.25) is 0 Å². The van der Waals surface area contributed by atoms with E-state index in [0.717, 1.165) is 42.0 Å². The zero-order chi connectivity index (χ0) is 19.2. The van der Waals surface area contributed by atoms with E-state index in [2.05, 4.69) is 5.32 Å². The number of hydrogen-bond donors (Lipinski definition) is 2. The summed E-state index contributed by atoms with van der Waals surface area (Å²) in [5.74, 6) is 1.76. The lowest BCUT2D eigenvalue weighted by molar-refractivity contribution is -0.910. The molecule has 1 saturated heterocycles. The van der Waals surface area contributed by atoms with Gasteiger partial charge in [-0.2, -0.15) is 0 Å². The minimum absolute atomic E-state index is 0.00510. The number of carbonyl (C=O) groups is 1. The van der Waals surface area contributed by atoms with Crippen LogP contribution in [0, 0.1) is 0 Å². The second-order valence-corrected chi connectivity index (χ2v) is 7.09. The summed E-state index contributed by atoms with van der Waals surface area (Å²) >= 11 is 0. The molecule has 2 aromatic rings. The summed E-state index contributed by atoms with van der Waals surface area (Å²) in [5.41, 5.74) is 2.24. The molecule has 3 rings (SSSR count). The van der Waals surface area contributed by atoms with Gasteiger partial charge in [-0.3, -0.25) is 4.79 Å². The summed E-state index contributed by atoms with van der Waals surface area (Å²) in [6.07, 6.45) is 2.14. The lowest BCUT2D eigenvalue weighted by Crippen LogP contribution is -3.11. The molecule has 0 spiro atoms. The molecule has 0 radical (unpaired) electrons. The van der Waals surface area contributed by atoms with Crippen LogP contribution in [0.15, 0.2) is 48.5 Å². The Hall–Kier alpha value is -2.53. The zero-order valence-corrected chi connectivity index (χ0v) is 16.3. The van der Waals surface area contributed by atoms with Crippen LogP contribution in [0.5, 0.6) is 11.5 Å². The third-order valence-corrected chi connectivity index (χ3v) is 5.36. The highest BCUT2D eigenvalue weighted by atomic mass is 16.5. The van der Waals surface area contributed by atoms with Crippen LogP contribution in [0.1, 0.15) is 43.0 Å². The molecular weight excluding hydrogens is 340 g/mol. The van der Waals surface area contributed by atoms with Gasteiger partial charge in [0.15, 0.2) is 6.54 Å². The molecule has 5 nitrogen and oxygen atoms in total. The molecule has 0 saturated carbocycles. The summed E-state index contributed by atoms with van der Waals surface area (Å²) < 4.78 is 11.0. The third-order valence-electron chi connectivity index (χ3n) is 5.36. The van der Waals surface area contributed by atoms with Crippen molar-refractivity contribution in [3.8, 4) is 11.5 Å². The fourth-order valence-corrected chi connectivity index (χ4v) is 3.93. The lowest BCUT2D eigenvalue weighted by atomic mass is 10.0. The molecule has 27 heavy (non-hydrogen) atoms. The smallest absolute Gasteiger partial charge is 0.275 e. The largest absolute Gasteiger partial charge is 0.497 e. The van der Waals surface area contributed by atoms with Crippen LogP contribution in [0.2, 0.25) is 0 Å². The number of benzene rings is 2. The summed E-state index contributed by atoms with van der Waals surface area (Å²) in [7, 11) is 3.36. The Morgan fingerprint density at radius 2 is 1.96 bits per heavy atom. The molecule has 1 unspecified atom stereocenters. The Kier molecular flexibility index (Phi) is 6.35. The van der Waals surface area contributed by atoms with E-state index < -0.39 is 0 Å². The van der Waals surface area contributed by atoms with Crippen LogP contribution in [0.3, 0.4) is 0 Å². The average molecular weight is 369 g/mol. The Balaban J connectivity index is 1.69. The van der Waals surface area contributed by atoms with Crippen LogP contribution < -0.4 is 19.7 Å². The first-order chi connectivity index (χ1) is 13.1. The van der Waals surface area contributed by atoms with Crippen molar-refractivity contribution in [1.29, 1.82) is 0 Å². The van der Waals surface area contributed by atoms with Gasteiger partial charge >= 0.3 is 0 Å². The predicted molar refractivity (Wildman–Crippen MR) is 105 cm³/mol. The molecule has 1 aliphatic rings. The fourth-order valence-electron chi connectivity index (χ4n) is 3.93. The molecule has 0 aromatic heterocycles. The van der Waals surface area contributed by atoms with Crippen molar-refractivity contribution in [3.63, 3.8) is 0 Å². The van der Waals surface area contributed by atoms with Crippen LogP contribution in [-0.4, -0.2) is 33.2 Å². The van der Waals surface area contributed by atoms with E-state index in [1.54, 1.807) is 14.2 Å². The first kappa shape index (κ1) is 19.2. The highest BCUT2D eigenvalue weighted by Crippen LogP contribution is 2.31. The van der Waals surface area contributed by atoms with Crippen molar-refractivity contribution in [2.24, 2.45) is 0 Å². The number of amides is 1. The van der Waals surface area contributed by atoms with Gasteiger partial charge in [-0.25, -0.2) is 0 Å². The van der Waals surface area contributed by atoms with Gasteiger partial charge < -0.3 is 19.7 Å². The highest BCUT2D eigenvalue weighted by Gasteiger charge is 2.34. The SMILES string of the molecule is COc1ccc(OC)c([C@@H]2CCC[NH+]2CC(=O)N[C@@H](C)c2ccccc2)c1. The van der Waals surface area contributed by atoms with E-state index in [4.69, 9.17) is 9.47 Å². The molecule has 3 atom stereocenters. The van der Waals surface area contributed by atoms with E-state index >= 15 is 0 Å². The molecule has 1 heterocycles. The summed E-state index contributed by atoms with van der Waals surface area (Å²) in [6, 6.07) is 16.2. The topological polar surface area (TPSA) is 52.0 Å². The summed E-state index contributed by atoms with van der Waals surface area (Å²) in [6.45, 7) is 3.47. The minimum atomic E-state index is 0.00510. The third kappa shape index (κ3) is 4.61. The van der Waals surface area contributed by atoms with E-state index in [9.17, 15) is 4.79 Å². The maximum Gasteiger partial charge on any atom is 0.275 e. The Morgan fingerprint density at radius 1 is 1.19 bits per heavy atom. The fraction of sp³-hybridized carbons (Fsp3) is 0.409. The minimum Gasteiger partial charge on any atom is -0.497 e. The monoisotopic (exact) mass is 369 g/mol. The maximum atomic E-state index is 12.6. The highest BCUT2D eigenvalue weighted by molar-refractivity contribution is 5.77. The number of likely N-dealkylation sites (tertiary alicyclic amines) is 1. The van der Waals surface area contributed by atoms with Gasteiger partial charge in [0.1, 0.15) is 17.5 Å². The van der Waals surface area contributed by atoms with E-state index in [1.807, 2.05) is 55.5 Å². The molecule has 2 aromatic carbocycles. The number of rotatable bonds is 7. The average Bonchev–Trinajstić information content (AvgIpc) is 3.15. The van der Waals surface area contributed by atoms with Gasteiger partial charge in [0, 0.05) is 12.8 Å². The molecule has 2 N–H and O–H groups in total. The summed E-state index contributed by atoms with van der Waals surface area (Å²) in [4.78, 5) is 13.9. The van der Waals surface area contributed by atoms with Crippen LogP contribution in [0.25, 0.3) is 0 Å². The molecule has 1 aliphatic heterocycles. The second kappa shape index (κ2) is 8.91. The van der Waals surface area contributed by atoms with E-state index in [1.165, 1.54) is 4.90 Å². The maximum absolute atomic E-state index is 12.6. The first-order valence-electron chi connectivity index (χ1n) is 9.53. The lowest BCUT2D eigenvalue weighted by Gasteiger charge is -2.24. The van der Waals surface area contributed by atoms with Gasteiger partial charge in [-0.1, -0.05) is 30.3 Å². The number of hydrogen-bond acceptors (Lipinski definition) is 3. The van der Waals surface area contributed by atoms with Crippen molar-refractivity contribution in [2.45, 2.75) is 31.8 Å². The number of quaternary nitrogens is 1. The first-order valence-corrected chi connectivity index (χ1v) is 9.53. The quantitative estimate of drug-likeness (QED) is 0.787. The Bertz CT molecular complexity index is 763. The molecule has 144 valence electrons. The number of carbonyl (C=O) groups excluding carboxylic acids is 1. The summed E-state index contributed by atoms with van der Waals surface area (Å²) in [5, 5.41) is 3.13. The molecule has 1 amide bonds. The van der Waals surface area contributed by atoms with Crippen LogP contribution in [-0.2, 0) is 4.79 Å². The van der Waals surface area contributed by atoms with Crippen molar-refractivity contribution in [1.82, 2.24) is 5.32 Å². The second-order valence-electron chi connectivity index (χ2n) is 7.09. The molecule has 5 heteroatoms. The van der Waals surface area contributed by atoms with Crippen molar-refractivity contribution in [3.05, 3.63) is 59.7 Å². The van der Waals surface area contributed by atoms with Gasteiger partial charge in [-0.05, 0) is 30.7 Å². The van der Waals surface area contributed by atoms with Crippen molar-refractivity contribution >= 4 is 5.91 Å². The van der Waals surface area contributed by atoms with E-state index in [-0.39, 0.29) is 18.0 Å². The predicted octanol–water partition coefficient (Wildman–Crippen LogP) is 2.30. The van der Waals surface area contributed by atoms with Gasteiger partial charge in [-0.15, -0.1) is 0 Å². The molecule has 0 aliphatic carbocycles. The molecule has 0 bridgehead atoms. The van der Waals surface area contributed by atoms with Gasteiger partial charge in [0.05, 0.1) is 32.4 Å². The Labute approximate surface area is 161 Å². The standard InChI is InChI=1S/C22H28N2O3/c1-16(17-8-5-4-6-9-17)23-22(25)15-24-13-7-10-20(24)19-14-18(26-2)11-12-21(19)27-3/h4-6,8-9,11-12,14,16,20H,7,10,13,15H2,1-3H3,(H,23,25)/p+1/t16-,20-/m0/s1. The van der Waals surface area contributed by atoms with Gasteiger partial charge in [0.25, 0.3) is 5.91 Å². The number of nitrogens with one attached hydrogen (secondary N) is 2. The molecular formula is C22H29N2O3+. The van der Waals surface area contributed by atoms with E-state index in [0.29, 0.717) is 6.54 Å². The number of methoxy groups -OCH3 is 2. The van der Waals surface area contributed by atoms with Crippen molar-refractivity contribution < 1.29 is 19.2 Å². The molecule has 1 fully saturated rings. The number of ether oxygens (including phenoxy) is 2. The van der Waals surface area contributed by atoms with Crippen molar-refractivity contribution in [2.75, 3.05) is 27.3 Å². The normalized spacial score (nSPS) is 20.1.